The summed E-state index contributed by atoms with van der Waals surface area (Å²) in [6, 6.07) is 16.7. The van der Waals surface area contributed by atoms with Crippen molar-refractivity contribution < 1.29 is 9.59 Å². The molecular formula is C26H30BrN3O2. The molecule has 3 atom stereocenters. The summed E-state index contributed by atoms with van der Waals surface area (Å²) < 4.78 is 0.172. The predicted molar refractivity (Wildman–Crippen MR) is 131 cm³/mol. The standard InChI is InChI=1S/C26H30BrN3O2/c1-17(28-23(31)25-12-18-11-19(13-25)15-26(27,14-18)16-25)20-7-9-22(10-8-20)30-24(32)29-21-5-3-2-4-6-21/h2-10,17-19H,11-16H2,1H3,(H,28,31)(H2,29,30,32). The van der Waals surface area contributed by atoms with E-state index in [9.17, 15) is 9.59 Å². The Balaban J connectivity index is 1.19. The van der Waals surface area contributed by atoms with E-state index in [1.54, 1.807) is 0 Å². The average molecular weight is 496 g/mol. The van der Waals surface area contributed by atoms with Crippen molar-refractivity contribution in [3.8, 4) is 0 Å². The summed E-state index contributed by atoms with van der Waals surface area (Å²) in [5, 5.41) is 8.96. The van der Waals surface area contributed by atoms with Crippen LogP contribution >= 0.6 is 15.9 Å². The van der Waals surface area contributed by atoms with Crippen LogP contribution in [-0.2, 0) is 4.79 Å². The number of urea groups is 1. The quantitative estimate of drug-likeness (QED) is 0.429. The molecule has 4 aliphatic carbocycles. The van der Waals surface area contributed by atoms with Gasteiger partial charge in [-0.15, -0.1) is 0 Å². The molecule has 0 heterocycles. The Morgan fingerprint density at radius 3 is 2.09 bits per heavy atom. The Hall–Kier alpha value is -2.34. The van der Waals surface area contributed by atoms with Crippen molar-refractivity contribution >= 4 is 39.2 Å². The van der Waals surface area contributed by atoms with E-state index in [4.69, 9.17) is 0 Å². The number of hydrogen-bond acceptors (Lipinski definition) is 2. The van der Waals surface area contributed by atoms with E-state index in [1.807, 2.05) is 61.5 Å². The van der Waals surface area contributed by atoms with E-state index in [-0.39, 0.29) is 27.7 Å². The lowest BCUT2D eigenvalue weighted by atomic mass is 9.49. The average Bonchev–Trinajstić information content (AvgIpc) is 2.73. The summed E-state index contributed by atoms with van der Waals surface area (Å²) in [5.41, 5.74) is 2.28. The number of amides is 3. The molecule has 0 saturated heterocycles. The van der Waals surface area contributed by atoms with Crippen LogP contribution in [0.2, 0.25) is 0 Å². The number of carbonyl (C=O) groups is 2. The van der Waals surface area contributed by atoms with Crippen molar-refractivity contribution in [2.24, 2.45) is 17.3 Å². The first-order valence-corrected chi connectivity index (χ1v) is 12.3. The normalized spacial score (nSPS) is 31.1. The third-order valence-electron chi connectivity index (χ3n) is 7.52. The Morgan fingerprint density at radius 1 is 0.906 bits per heavy atom. The summed E-state index contributed by atoms with van der Waals surface area (Å²) in [6.07, 6.45) is 6.78. The lowest BCUT2D eigenvalue weighted by Gasteiger charge is -2.59. The largest absolute Gasteiger partial charge is 0.349 e. The topological polar surface area (TPSA) is 70.2 Å². The van der Waals surface area contributed by atoms with E-state index in [2.05, 4.69) is 31.9 Å². The lowest BCUT2D eigenvalue weighted by molar-refractivity contribution is -0.144. The van der Waals surface area contributed by atoms with E-state index in [0.717, 1.165) is 30.5 Å². The molecule has 168 valence electrons. The zero-order valence-electron chi connectivity index (χ0n) is 18.4. The molecule has 3 N–H and O–H groups in total. The van der Waals surface area contributed by atoms with Gasteiger partial charge >= 0.3 is 6.03 Å². The van der Waals surface area contributed by atoms with Crippen LogP contribution in [0.1, 0.15) is 57.1 Å². The van der Waals surface area contributed by atoms with Gasteiger partial charge in [0, 0.05) is 15.7 Å². The third kappa shape index (κ3) is 4.29. The number of nitrogens with one attached hydrogen (secondary N) is 3. The molecule has 6 rings (SSSR count). The Labute approximate surface area is 197 Å². The highest BCUT2D eigenvalue weighted by Crippen LogP contribution is 2.64. The van der Waals surface area contributed by atoms with E-state index in [1.165, 1.54) is 19.3 Å². The van der Waals surface area contributed by atoms with E-state index < -0.39 is 0 Å². The molecule has 4 fully saturated rings. The van der Waals surface area contributed by atoms with Crippen LogP contribution in [0.25, 0.3) is 0 Å². The predicted octanol–water partition coefficient (Wildman–Crippen LogP) is 6.24. The maximum atomic E-state index is 13.4. The van der Waals surface area contributed by atoms with Crippen LogP contribution in [0.4, 0.5) is 16.2 Å². The van der Waals surface area contributed by atoms with Gasteiger partial charge in [-0.1, -0.05) is 46.3 Å². The highest BCUT2D eigenvalue weighted by atomic mass is 79.9. The molecule has 2 aromatic rings. The molecular weight excluding hydrogens is 466 g/mol. The van der Waals surface area contributed by atoms with Gasteiger partial charge in [0.15, 0.2) is 0 Å². The smallest absolute Gasteiger partial charge is 0.323 e. The third-order valence-corrected chi connectivity index (χ3v) is 8.45. The molecule has 3 amide bonds. The van der Waals surface area contributed by atoms with Gasteiger partial charge in [-0.25, -0.2) is 4.79 Å². The van der Waals surface area contributed by atoms with Crippen molar-refractivity contribution in [1.82, 2.24) is 5.32 Å². The molecule has 5 nitrogen and oxygen atoms in total. The van der Waals surface area contributed by atoms with Crippen LogP contribution < -0.4 is 16.0 Å². The summed E-state index contributed by atoms with van der Waals surface area (Å²) in [6.45, 7) is 2.03. The SMILES string of the molecule is CC(NC(=O)C12CC3CC(CC(Br)(C3)C1)C2)c1ccc(NC(=O)Nc2ccccc2)cc1. The summed E-state index contributed by atoms with van der Waals surface area (Å²) in [5.74, 6) is 1.58. The number of halogens is 1. The molecule has 4 aliphatic rings. The van der Waals surface area contributed by atoms with Crippen LogP contribution in [0.3, 0.4) is 0 Å². The van der Waals surface area contributed by atoms with Crippen LogP contribution in [0.5, 0.6) is 0 Å². The number of benzene rings is 2. The Kier molecular flexibility index (Phi) is 5.52. The molecule has 0 radical (unpaired) electrons. The Bertz CT molecular complexity index is 993. The minimum Gasteiger partial charge on any atom is -0.349 e. The fourth-order valence-electron chi connectivity index (χ4n) is 6.52. The molecule has 6 heteroatoms. The molecule has 0 aromatic heterocycles. The molecule has 32 heavy (non-hydrogen) atoms. The van der Waals surface area contributed by atoms with Crippen molar-refractivity contribution in [2.45, 2.75) is 55.8 Å². The molecule has 0 aliphatic heterocycles. The summed E-state index contributed by atoms with van der Waals surface area (Å²) in [7, 11) is 0. The highest BCUT2D eigenvalue weighted by Gasteiger charge is 2.59. The fourth-order valence-corrected chi connectivity index (χ4v) is 7.97. The maximum Gasteiger partial charge on any atom is 0.323 e. The van der Waals surface area contributed by atoms with Gasteiger partial charge in [-0.05, 0) is 87.1 Å². The zero-order valence-corrected chi connectivity index (χ0v) is 20.0. The second kappa shape index (κ2) is 8.22. The van der Waals surface area contributed by atoms with Crippen LogP contribution in [0, 0.1) is 17.3 Å². The number of hydrogen-bond donors (Lipinski definition) is 3. The monoisotopic (exact) mass is 495 g/mol. The second-order valence-electron chi connectivity index (χ2n) is 10.2. The fraction of sp³-hybridized carbons (Fsp3) is 0.462. The van der Waals surface area contributed by atoms with Crippen LogP contribution in [-0.4, -0.2) is 16.3 Å². The van der Waals surface area contributed by atoms with E-state index in [0.29, 0.717) is 17.5 Å². The number of rotatable bonds is 5. The number of anilines is 2. The van der Waals surface area contributed by atoms with Gasteiger partial charge < -0.3 is 16.0 Å². The first kappa shape index (κ1) is 21.5. The molecule has 4 bridgehead atoms. The summed E-state index contributed by atoms with van der Waals surface area (Å²) in [4.78, 5) is 25.6. The van der Waals surface area contributed by atoms with Crippen molar-refractivity contribution in [3.63, 3.8) is 0 Å². The minimum absolute atomic E-state index is 0.0750. The van der Waals surface area contributed by atoms with Gasteiger partial charge in [0.25, 0.3) is 0 Å². The first-order valence-electron chi connectivity index (χ1n) is 11.6. The van der Waals surface area contributed by atoms with Gasteiger partial charge in [0.1, 0.15) is 0 Å². The van der Waals surface area contributed by atoms with Gasteiger partial charge in [0.05, 0.1) is 11.5 Å². The summed E-state index contributed by atoms with van der Waals surface area (Å²) >= 11 is 4.00. The highest BCUT2D eigenvalue weighted by molar-refractivity contribution is 9.10. The van der Waals surface area contributed by atoms with Crippen molar-refractivity contribution in [3.05, 3.63) is 60.2 Å². The van der Waals surface area contributed by atoms with E-state index >= 15 is 0 Å². The van der Waals surface area contributed by atoms with Gasteiger partial charge in [0.2, 0.25) is 5.91 Å². The van der Waals surface area contributed by atoms with Crippen LogP contribution in [0.15, 0.2) is 54.6 Å². The molecule has 2 aromatic carbocycles. The first-order chi connectivity index (χ1) is 15.3. The van der Waals surface area contributed by atoms with Gasteiger partial charge in [-0.2, -0.15) is 0 Å². The number of carbonyl (C=O) groups excluding carboxylic acids is 2. The molecule has 4 saturated carbocycles. The lowest BCUT2D eigenvalue weighted by Crippen LogP contribution is -2.58. The molecule has 0 spiro atoms. The number of alkyl halides is 1. The number of para-hydroxylation sites is 1. The minimum atomic E-state index is -0.282. The maximum absolute atomic E-state index is 13.4. The second-order valence-corrected chi connectivity index (χ2v) is 11.8. The van der Waals surface area contributed by atoms with Gasteiger partial charge in [-0.3, -0.25) is 4.79 Å². The zero-order chi connectivity index (χ0) is 22.3. The Morgan fingerprint density at radius 2 is 1.50 bits per heavy atom. The molecule has 3 unspecified atom stereocenters. The van der Waals surface area contributed by atoms with Crippen molar-refractivity contribution in [2.75, 3.05) is 10.6 Å². The van der Waals surface area contributed by atoms with Crippen molar-refractivity contribution in [1.29, 1.82) is 0 Å².